The fourth-order valence-corrected chi connectivity index (χ4v) is 7.69. The first-order valence-corrected chi connectivity index (χ1v) is 11.7. The predicted octanol–water partition coefficient (Wildman–Crippen LogP) is 4.65. The molecule has 32 heavy (non-hydrogen) atoms. The van der Waals surface area contributed by atoms with Crippen LogP contribution in [0.15, 0.2) is 109 Å². The Morgan fingerprint density at radius 1 is 0.594 bits per heavy atom. The van der Waals surface area contributed by atoms with Gasteiger partial charge < -0.3 is 0 Å². The van der Waals surface area contributed by atoms with Crippen LogP contribution in [0.3, 0.4) is 0 Å². The normalized spacial score (nSPS) is 11.0. The molecule has 4 aromatic carbocycles. The maximum absolute atomic E-state index is 11.9. The van der Waals surface area contributed by atoms with E-state index in [-0.39, 0.29) is 11.4 Å². The molecule has 0 radical (unpaired) electrons. The van der Waals surface area contributed by atoms with E-state index in [0.717, 1.165) is 22.0 Å². The maximum Gasteiger partial charge on any atom is 0.283 e. The number of hydrogen-bond donors (Lipinski definition) is 0. The molecule has 0 heterocycles. The zero-order valence-corrected chi connectivity index (χ0v) is 17.8. The minimum Gasteiger partial charge on any atom is -0.258 e. The molecule has 6 nitrogen and oxygen atoms in total. The van der Waals surface area contributed by atoms with Crippen LogP contribution in [0.5, 0.6) is 0 Å². The first-order valence-electron chi connectivity index (χ1n) is 9.87. The molecule has 0 saturated heterocycles. The molecule has 0 aromatic heterocycles. The molecule has 0 aliphatic rings. The zero-order valence-electron chi connectivity index (χ0n) is 16.9. The Morgan fingerprint density at radius 2 is 1.03 bits per heavy atom. The fourth-order valence-electron chi connectivity index (χ4n) is 3.78. The molecular formula is C25H19N2O4P. The second-order valence-corrected chi connectivity index (χ2v) is 10.4. The summed E-state index contributed by atoms with van der Waals surface area (Å²) in [6.07, 6.45) is 0. The van der Waals surface area contributed by atoms with Crippen molar-refractivity contribution in [3.05, 3.63) is 135 Å². The highest BCUT2D eigenvalue weighted by Gasteiger charge is 2.27. The quantitative estimate of drug-likeness (QED) is 0.247. The number of nitrogens with zero attached hydrogens (tertiary/aromatic N) is 2. The number of hydrogen-bond acceptors (Lipinski definition) is 4. The largest absolute Gasteiger partial charge is 0.283 e. The Bertz CT molecular complexity index is 1220. The minimum atomic E-state index is -2.48. The van der Waals surface area contributed by atoms with Gasteiger partial charge in [-0.3, -0.25) is 20.2 Å². The van der Waals surface area contributed by atoms with Crippen molar-refractivity contribution in [1.82, 2.24) is 0 Å². The highest BCUT2D eigenvalue weighted by atomic mass is 31.2. The average molecular weight is 442 g/mol. The number of non-ortho nitro benzene ring substituents is 1. The van der Waals surface area contributed by atoms with E-state index in [9.17, 15) is 20.2 Å². The van der Waals surface area contributed by atoms with Gasteiger partial charge in [0.05, 0.1) is 21.5 Å². The summed E-state index contributed by atoms with van der Waals surface area (Å²) in [7, 11) is 0. The summed E-state index contributed by atoms with van der Waals surface area (Å²) in [6, 6.07) is 33.5. The number of benzene rings is 4. The molecule has 0 aliphatic heterocycles. The van der Waals surface area contributed by atoms with Gasteiger partial charge in [-0.25, -0.2) is 0 Å². The highest BCUT2D eigenvalue weighted by Crippen LogP contribution is 2.45. The first kappa shape index (κ1) is 21.2. The molecule has 7 heteroatoms. The SMILES string of the molecule is O=[N+]([O-])c1ccc(C=P(c2ccccc2)(c2ccccc2)c2ccccc2)c([N+](=O)[O-])c1. The van der Waals surface area contributed by atoms with Crippen LogP contribution in [0.2, 0.25) is 0 Å². The van der Waals surface area contributed by atoms with E-state index in [2.05, 4.69) is 0 Å². The Labute approximate surface area is 185 Å². The number of rotatable bonds is 6. The fraction of sp³-hybridized carbons (Fsp3) is 0. The van der Waals surface area contributed by atoms with Crippen LogP contribution >= 0.6 is 6.89 Å². The van der Waals surface area contributed by atoms with Gasteiger partial charge in [-0.2, -0.15) is 0 Å². The van der Waals surface area contributed by atoms with Crippen LogP contribution in [-0.4, -0.2) is 15.6 Å². The Kier molecular flexibility index (Phi) is 5.97. The third kappa shape index (κ3) is 3.96. The summed E-state index contributed by atoms with van der Waals surface area (Å²) in [5.74, 6) is 1.94. The van der Waals surface area contributed by atoms with Crippen LogP contribution in [0.25, 0.3) is 0 Å². The van der Waals surface area contributed by atoms with Gasteiger partial charge in [0.2, 0.25) is 0 Å². The van der Waals surface area contributed by atoms with Gasteiger partial charge in [0.15, 0.2) is 0 Å². The average Bonchev–Trinajstić information content (AvgIpc) is 2.84. The molecule has 4 aromatic rings. The number of nitro benzene ring substituents is 2. The van der Waals surface area contributed by atoms with Gasteiger partial charge in [-0.15, -0.1) is 0 Å². The Morgan fingerprint density at radius 3 is 1.41 bits per heavy atom. The van der Waals surface area contributed by atoms with Gasteiger partial charge in [0.25, 0.3) is 11.4 Å². The maximum atomic E-state index is 11.9. The molecule has 0 saturated carbocycles. The predicted molar refractivity (Wildman–Crippen MR) is 130 cm³/mol. The van der Waals surface area contributed by atoms with Crippen molar-refractivity contribution >= 4 is 40.0 Å². The second-order valence-electron chi connectivity index (χ2n) is 7.12. The number of nitro groups is 2. The summed E-state index contributed by atoms with van der Waals surface area (Å²) in [4.78, 5) is 21.9. The van der Waals surface area contributed by atoms with E-state index < -0.39 is 16.7 Å². The molecule has 0 N–H and O–H groups in total. The molecule has 0 bridgehead atoms. The lowest BCUT2D eigenvalue weighted by atomic mass is 10.2. The first-order chi connectivity index (χ1) is 15.5. The van der Waals surface area contributed by atoms with Crippen LogP contribution in [-0.2, 0) is 0 Å². The van der Waals surface area contributed by atoms with Crippen molar-refractivity contribution < 1.29 is 9.85 Å². The van der Waals surface area contributed by atoms with E-state index in [0.29, 0.717) is 5.56 Å². The molecular weight excluding hydrogens is 423 g/mol. The summed E-state index contributed by atoms with van der Waals surface area (Å²) in [6.45, 7) is -2.48. The lowest BCUT2D eigenvalue weighted by Gasteiger charge is -2.28. The van der Waals surface area contributed by atoms with Crippen molar-refractivity contribution in [1.29, 1.82) is 0 Å². The smallest absolute Gasteiger partial charge is 0.258 e. The third-order valence-corrected chi connectivity index (χ3v) is 9.25. The summed E-state index contributed by atoms with van der Waals surface area (Å²) < 4.78 is 0. The zero-order chi connectivity index (χ0) is 22.6. The Balaban J connectivity index is 2.15. The van der Waals surface area contributed by atoms with Gasteiger partial charge in [-0.1, -0.05) is 91.0 Å². The van der Waals surface area contributed by atoms with Crippen molar-refractivity contribution in [3.8, 4) is 0 Å². The van der Waals surface area contributed by atoms with Crippen molar-refractivity contribution in [2.24, 2.45) is 0 Å². The van der Waals surface area contributed by atoms with Crippen LogP contribution in [0.4, 0.5) is 11.4 Å². The Hall–Kier alpha value is -4.02. The lowest BCUT2D eigenvalue weighted by Crippen LogP contribution is -2.27. The van der Waals surface area contributed by atoms with E-state index in [1.165, 1.54) is 12.1 Å². The standard InChI is InChI=1S/C25H19N2O4P/c28-26(29)21-17-16-20(25(18-21)27(30)31)19-32(22-10-4-1-5-11-22,23-12-6-2-7-13-23)24-14-8-3-9-15-24/h1-19H. The van der Waals surface area contributed by atoms with Gasteiger partial charge >= 0.3 is 0 Å². The highest BCUT2D eigenvalue weighted by molar-refractivity contribution is 7.94. The monoisotopic (exact) mass is 442 g/mol. The molecule has 4 rings (SSSR count). The second kappa shape index (κ2) is 9.00. The molecule has 0 atom stereocenters. The molecule has 0 fully saturated rings. The van der Waals surface area contributed by atoms with Crippen molar-refractivity contribution in [2.45, 2.75) is 0 Å². The molecule has 0 aliphatic carbocycles. The summed E-state index contributed by atoms with van der Waals surface area (Å²) in [5.41, 5.74) is -0.242. The van der Waals surface area contributed by atoms with E-state index in [1.54, 1.807) is 0 Å². The van der Waals surface area contributed by atoms with Gasteiger partial charge in [0.1, 0.15) is 0 Å². The van der Waals surface area contributed by atoms with Gasteiger partial charge in [0, 0.05) is 6.07 Å². The third-order valence-electron chi connectivity index (χ3n) is 5.24. The molecule has 0 unspecified atom stereocenters. The van der Waals surface area contributed by atoms with E-state index in [4.69, 9.17) is 0 Å². The van der Waals surface area contributed by atoms with Crippen LogP contribution in [0.1, 0.15) is 5.56 Å². The molecule has 0 amide bonds. The van der Waals surface area contributed by atoms with Crippen LogP contribution in [0, 0.1) is 20.2 Å². The summed E-state index contributed by atoms with van der Waals surface area (Å²) in [5, 5.41) is 26.2. The van der Waals surface area contributed by atoms with E-state index in [1.807, 2.05) is 96.8 Å². The molecule has 0 spiro atoms. The van der Waals surface area contributed by atoms with Crippen molar-refractivity contribution in [3.63, 3.8) is 0 Å². The van der Waals surface area contributed by atoms with Gasteiger partial charge in [-0.05, 0) is 34.7 Å². The topological polar surface area (TPSA) is 86.3 Å². The lowest BCUT2D eigenvalue weighted by molar-refractivity contribution is -0.394. The summed E-state index contributed by atoms with van der Waals surface area (Å²) >= 11 is 0. The van der Waals surface area contributed by atoms with E-state index >= 15 is 0 Å². The molecule has 158 valence electrons. The van der Waals surface area contributed by atoms with Crippen LogP contribution < -0.4 is 15.9 Å². The van der Waals surface area contributed by atoms with Crippen molar-refractivity contribution in [2.75, 3.05) is 0 Å². The minimum absolute atomic E-state index is 0.286.